The van der Waals surface area contributed by atoms with Crippen molar-refractivity contribution >= 4 is 29.4 Å². The van der Waals surface area contributed by atoms with Gasteiger partial charge in [0.15, 0.2) is 5.96 Å². The van der Waals surface area contributed by atoms with Gasteiger partial charge >= 0.3 is 0 Å². The zero-order valence-corrected chi connectivity index (χ0v) is 14.3. The number of aryl methyl sites for hydroxylation is 1. The van der Waals surface area contributed by atoms with E-state index in [1.165, 1.54) is 0 Å². The van der Waals surface area contributed by atoms with E-state index in [0.717, 1.165) is 30.4 Å². The van der Waals surface area contributed by atoms with Crippen molar-refractivity contribution in [3.8, 4) is 0 Å². The second kappa shape index (κ2) is 10.9. The molecule has 0 aromatic carbocycles. The Morgan fingerprint density at radius 1 is 1.36 bits per heavy atom. The van der Waals surface area contributed by atoms with Crippen molar-refractivity contribution < 1.29 is 4.79 Å². The summed E-state index contributed by atoms with van der Waals surface area (Å²) in [6, 6.07) is 3.72. The number of pyridine rings is 1. The van der Waals surface area contributed by atoms with Crippen molar-refractivity contribution in [2.45, 2.75) is 20.3 Å². The minimum atomic E-state index is -0.0659. The molecule has 0 aliphatic heterocycles. The van der Waals surface area contributed by atoms with Gasteiger partial charge in [0.05, 0.1) is 6.54 Å². The summed E-state index contributed by atoms with van der Waals surface area (Å²) >= 11 is 1.76. The molecule has 22 heavy (non-hydrogen) atoms. The van der Waals surface area contributed by atoms with E-state index < -0.39 is 0 Å². The standard InChI is InChI=1S/C15H25N5OS/c1-4-16-15(18-9-10-22-3)17-8-7-14(21)20-13-6-5-12(2)11-19-13/h5-6,11H,4,7-10H2,1-3H3,(H2,16,17,18)(H,19,20,21). The molecule has 1 amide bonds. The number of hydrogen-bond acceptors (Lipinski definition) is 4. The summed E-state index contributed by atoms with van der Waals surface area (Å²) in [5.74, 6) is 2.24. The zero-order valence-electron chi connectivity index (χ0n) is 13.5. The van der Waals surface area contributed by atoms with Crippen molar-refractivity contribution in [2.75, 3.05) is 37.0 Å². The molecule has 0 aliphatic carbocycles. The van der Waals surface area contributed by atoms with Gasteiger partial charge in [-0.2, -0.15) is 11.8 Å². The van der Waals surface area contributed by atoms with Gasteiger partial charge in [-0.05, 0) is 31.7 Å². The molecular formula is C15H25N5OS. The van der Waals surface area contributed by atoms with Gasteiger partial charge in [0.25, 0.3) is 0 Å². The van der Waals surface area contributed by atoms with Crippen molar-refractivity contribution in [3.63, 3.8) is 0 Å². The van der Waals surface area contributed by atoms with E-state index in [2.05, 4.69) is 32.2 Å². The number of aromatic nitrogens is 1. The lowest BCUT2D eigenvalue weighted by Crippen LogP contribution is -2.38. The lowest BCUT2D eigenvalue weighted by Gasteiger charge is -2.11. The predicted octanol–water partition coefficient (Wildman–Crippen LogP) is 1.64. The molecule has 0 radical (unpaired) electrons. The minimum absolute atomic E-state index is 0.0659. The number of guanidine groups is 1. The second-order valence-electron chi connectivity index (χ2n) is 4.70. The molecule has 0 aliphatic rings. The topological polar surface area (TPSA) is 78.4 Å². The Bertz CT molecular complexity index is 475. The molecule has 0 fully saturated rings. The Balaban J connectivity index is 2.32. The third kappa shape index (κ3) is 7.87. The number of carbonyl (C=O) groups is 1. The van der Waals surface area contributed by atoms with Crippen molar-refractivity contribution in [2.24, 2.45) is 4.99 Å². The summed E-state index contributed by atoms with van der Waals surface area (Å²) in [4.78, 5) is 20.4. The predicted molar refractivity (Wildman–Crippen MR) is 94.6 cm³/mol. The van der Waals surface area contributed by atoms with Crippen LogP contribution in [0.2, 0.25) is 0 Å². The molecule has 0 saturated heterocycles. The van der Waals surface area contributed by atoms with Crippen LogP contribution in [0.5, 0.6) is 0 Å². The molecule has 0 bridgehead atoms. The summed E-state index contributed by atoms with van der Waals surface area (Å²) in [7, 11) is 0. The molecule has 122 valence electrons. The number of carbonyl (C=O) groups excluding carboxylic acids is 1. The van der Waals surface area contributed by atoms with Crippen LogP contribution in [0.4, 0.5) is 5.82 Å². The normalized spacial score (nSPS) is 11.1. The van der Waals surface area contributed by atoms with Gasteiger partial charge in [0.1, 0.15) is 5.82 Å². The van der Waals surface area contributed by atoms with E-state index in [0.29, 0.717) is 18.8 Å². The first-order valence-corrected chi connectivity index (χ1v) is 8.78. The Morgan fingerprint density at radius 2 is 2.18 bits per heavy atom. The molecule has 1 aromatic heterocycles. The van der Waals surface area contributed by atoms with Crippen molar-refractivity contribution in [1.82, 2.24) is 15.6 Å². The van der Waals surface area contributed by atoms with Crippen LogP contribution in [0, 0.1) is 6.92 Å². The van der Waals surface area contributed by atoms with Crippen LogP contribution in [0.1, 0.15) is 18.9 Å². The first-order valence-electron chi connectivity index (χ1n) is 7.39. The highest BCUT2D eigenvalue weighted by Gasteiger charge is 2.04. The molecule has 1 rings (SSSR count). The van der Waals surface area contributed by atoms with Crippen LogP contribution in [0.3, 0.4) is 0 Å². The summed E-state index contributed by atoms with van der Waals surface area (Å²) < 4.78 is 0. The minimum Gasteiger partial charge on any atom is -0.357 e. The number of amides is 1. The second-order valence-corrected chi connectivity index (χ2v) is 5.68. The van der Waals surface area contributed by atoms with Gasteiger partial charge in [0, 0.05) is 31.5 Å². The fourth-order valence-corrected chi connectivity index (χ4v) is 1.91. The van der Waals surface area contributed by atoms with E-state index in [4.69, 9.17) is 0 Å². The number of anilines is 1. The number of thioether (sulfide) groups is 1. The molecule has 0 spiro atoms. The third-order valence-electron chi connectivity index (χ3n) is 2.73. The molecular weight excluding hydrogens is 298 g/mol. The van der Waals surface area contributed by atoms with Crippen molar-refractivity contribution in [3.05, 3.63) is 23.9 Å². The molecule has 1 heterocycles. The highest BCUT2D eigenvalue weighted by atomic mass is 32.2. The summed E-state index contributed by atoms with van der Waals surface area (Å²) in [6.07, 6.45) is 4.15. The summed E-state index contributed by atoms with van der Waals surface area (Å²) in [5.41, 5.74) is 1.07. The van der Waals surface area contributed by atoms with E-state index in [1.54, 1.807) is 24.0 Å². The number of aliphatic imine (C=N–C) groups is 1. The lowest BCUT2D eigenvalue weighted by atomic mass is 10.3. The van der Waals surface area contributed by atoms with Gasteiger partial charge < -0.3 is 16.0 Å². The quantitative estimate of drug-likeness (QED) is 0.385. The molecule has 0 unspecified atom stereocenters. The number of nitrogens with zero attached hydrogens (tertiary/aromatic N) is 2. The molecule has 0 saturated carbocycles. The molecule has 7 heteroatoms. The van der Waals surface area contributed by atoms with Crippen LogP contribution in [-0.4, -0.2) is 48.5 Å². The van der Waals surface area contributed by atoms with Gasteiger partial charge in [-0.1, -0.05) is 6.07 Å². The molecule has 1 aromatic rings. The van der Waals surface area contributed by atoms with Crippen LogP contribution < -0.4 is 16.0 Å². The van der Waals surface area contributed by atoms with E-state index in [1.807, 2.05) is 19.9 Å². The number of rotatable bonds is 8. The maximum atomic E-state index is 11.8. The first-order chi connectivity index (χ1) is 10.7. The summed E-state index contributed by atoms with van der Waals surface area (Å²) in [6.45, 7) is 6.06. The van der Waals surface area contributed by atoms with Crippen LogP contribution in [-0.2, 0) is 4.79 Å². The van der Waals surface area contributed by atoms with Gasteiger partial charge in [-0.15, -0.1) is 0 Å². The van der Waals surface area contributed by atoms with E-state index in [9.17, 15) is 4.79 Å². The zero-order chi connectivity index (χ0) is 16.2. The molecule has 0 atom stereocenters. The van der Waals surface area contributed by atoms with Gasteiger partial charge in [-0.25, -0.2) is 4.98 Å². The Morgan fingerprint density at radius 3 is 2.82 bits per heavy atom. The largest absolute Gasteiger partial charge is 0.357 e. The Kier molecular flexibility index (Phi) is 9.06. The lowest BCUT2D eigenvalue weighted by molar-refractivity contribution is -0.116. The highest BCUT2D eigenvalue weighted by Crippen LogP contribution is 2.03. The third-order valence-corrected chi connectivity index (χ3v) is 3.32. The van der Waals surface area contributed by atoms with E-state index in [-0.39, 0.29) is 5.91 Å². The van der Waals surface area contributed by atoms with Crippen LogP contribution >= 0.6 is 11.8 Å². The highest BCUT2D eigenvalue weighted by molar-refractivity contribution is 7.98. The number of hydrogen-bond donors (Lipinski definition) is 3. The SMILES string of the molecule is CCNC(=NCCSC)NCCC(=O)Nc1ccc(C)cn1. The Labute approximate surface area is 136 Å². The summed E-state index contributed by atoms with van der Waals surface area (Å²) in [5, 5.41) is 9.08. The van der Waals surface area contributed by atoms with Crippen molar-refractivity contribution in [1.29, 1.82) is 0 Å². The number of nitrogens with one attached hydrogen (secondary N) is 3. The monoisotopic (exact) mass is 323 g/mol. The van der Waals surface area contributed by atoms with E-state index >= 15 is 0 Å². The van der Waals surface area contributed by atoms with Gasteiger partial charge in [0.2, 0.25) is 5.91 Å². The average molecular weight is 323 g/mol. The fraction of sp³-hybridized carbons (Fsp3) is 0.533. The van der Waals surface area contributed by atoms with Crippen LogP contribution in [0.15, 0.2) is 23.3 Å². The van der Waals surface area contributed by atoms with Crippen LogP contribution in [0.25, 0.3) is 0 Å². The molecule has 6 nitrogen and oxygen atoms in total. The average Bonchev–Trinajstić information content (AvgIpc) is 2.50. The smallest absolute Gasteiger partial charge is 0.227 e. The first kappa shape index (κ1) is 18.3. The molecule has 3 N–H and O–H groups in total. The maximum Gasteiger partial charge on any atom is 0.227 e. The fourth-order valence-electron chi connectivity index (χ4n) is 1.63. The van der Waals surface area contributed by atoms with Gasteiger partial charge in [-0.3, -0.25) is 9.79 Å². The Hall–Kier alpha value is -1.76. The maximum absolute atomic E-state index is 11.8.